The number of hydrogen-bond acceptors (Lipinski definition) is 3. The van der Waals surface area contributed by atoms with Crippen molar-refractivity contribution >= 4 is 11.6 Å². The molecule has 2 rings (SSSR count). The average Bonchev–Trinajstić information content (AvgIpc) is 2.94. The van der Waals surface area contributed by atoms with Gasteiger partial charge in [-0.15, -0.1) is 0 Å². The Kier molecular flexibility index (Phi) is 4.14. The Morgan fingerprint density at radius 2 is 2.37 bits per heavy atom. The largest absolute Gasteiger partial charge is 0.397 e. The number of anilines is 1. The molecule has 1 aliphatic heterocycles. The van der Waals surface area contributed by atoms with Gasteiger partial charge in [0.25, 0.3) is 5.91 Å². The number of carbonyl (C=O) groups is 1. The summed E-state index contributed by atoms with van der Waals surface area (Å²) >= 11 is 0. The highest BCUT2D eigenvalue weighted by molar-refractivity contribution is 5.94. The Balaban J connectivity index is 2.18. The second-order valence-electron chi connectivity index (χ2n) is 5.20. The summed E-state index contributed by atoms with van der Waals surface area (Å²) in [6.07, 6.45) is 3.80. The van der Waals surface area contributed by atoms with E-state index in [1.807, 2.05) is 24.7 Å². The summed E-state index contributed by atoms with van der Waals surface area (Å²) in [7, 11) is 1.84. The van der Waals surface area contributed by atoms with Crippen LogP contribution >= 0.6 is 0 Å². The van der Waals surface area contributed by atoms with Gasteiger partial charge in [0.2, 0.25) is 0 Å². The van der Waals surface area contributed by atoms with Crippen LogP contribution in [0.15, 0.2) is 12.3 Å². The quantitative estimate of drug-likeness (QED) is 0.902. The molecule has 1 aliphatic rings. The smallest absolute Gasteiger partial charge is 0.270 e. The average molecular weight is 265 g/mol. The lowest BCUT2D eigenvalue weighted by atomic mass is 10.1. The fourth-order valence-electron chi connectivity index (χ4n) is 2.70. The topological polar surface area (TPSA) is 60.5 Å². The number of hydrogen-bond donors (Lipinski definition) is 1. The van der Waals surface area contributed by atoms with Crippen LogP contribution in [-0.4, -0.2) is 41.2 Å². The van der Waals surface area contributed by atoms with E-state index in [0.29, 0.717) is 11.4 Å². The first-order valence-corrected chi connectivity index (χ1v) is 6.89. The third-order valence-corrected chi connectivity index (χ3v) is 3.76. The summed E-state index contributed by atoms with van der Waals surface area (Å²) in [5.41, 5.74) is 7.12. The van der Waals surface area contributed by atoms with Gasteiger partial charge in [-0.3, -0.25) is 4.79 Å². The molecule has 0 spiro atoms. The second-order valence-corrected chi connectivity index (χ2v) is 5.20. The molecule has 0 bridgehead atoms. The third kappa shape index (κ3) is 2.76. The molecule has 1 fully saturated rings. The van der Waals surface area contributed by atoms with Crippen molar-refractivity contribution in [1.29, 1.82) is 0 Å². The molecule has 2 atom stereocenters. The Morgan fingerprint density at radius 3 is 2.95 bits per heavy atom. The van der Waals surface area contributed by atoms with Gasteiger partial charge < -0.3 is 19.9 Å². The third-order valence-electron chi connectivity index (χ3n) is 3.76. The molecule has 0 saturated carbocycles. The lowest BCUT2D eigenvalue weighted by molar-refractivity contribution is 0.0566. The minimum Gasteiger partial charge on any atom is -0.397 e. The molecule has 19 heavy (non-hydrogen) atoms. The van der Waals surface area contributed by atoms with Crippen LogP contribution in [0.25, 0.3) is 0 Å². The lowest BCUT2D eigenvalue weighted by Gasteiger charge is -2.27. The first kappa shape index (κ1) is 13.9. The predicted octanol–water partition coefficient (Wildman–Crippen LogP) is 1.73. The molecule has 5 nitrogen and oxygen atoms in total. The van der Waals surface area contributed by atoms with Crippen molar-refractivity contribution in [2.24, 2.45) is 0 Å². The van der Waals surface area contributed by atoms with Gasteiger partial charge in [0, 0.05) is 26.4 Å². The highest BCUT2D eigenvalue weighted by atomic mass is 16.5. The van der Waals surface area contributed by atoms with Gasteiger partial charge in [-0.2, -0.15) is 0 Å². The number of carbonyl (C=O) groups excluding carboxylic acids is 1. The van der Waals surface area contributed by atoms with Crippen LogP contribution in [0.2, 0.25) is 0 Å². The van der Waals surface area contributed by atoms with Gasteiger partial charge >= 0.3 is 0 Å². The molecular weight excluding hydrogens is 242 g/mol. The van der Waals surface area contributed by atoms with Gasteiger partial charge in [0.1, 0.15) is 5.69 Å². The molecule has 1 saturated heterocycles. The van der Waals surface area contributed by atoms with Crippen LogP contribution in [0.4, 0.5) is 5.69 Å². The molecule has 1 aromatic heterocycles. The number of nitrogens with two attached hydrogens (primary N) is 1. The Bertz CT molecular complexity index is 456. The van der Waals surface area contributed by atoms with Crippen molar-refractivity contribution in [2.75, 3.05) is 19.4 Å². The van der Waals surface area contributed by atoms with Gasteiger partial charge in [-0.05, 0) is 25.8 Å². The van der Waals surface area contributed by atoms with Crippen molar-refractivity contribution in [3.05, 3.63) is 18.0 Å². The second kappa shape index (κ2) is 5.65. The molecular formula is C14H23N3O2. The van der Waals surface area contributed by atoms with E-state index in [4.69, 9.17) is 10.5 Å². The van der Waals surface area contributed by atoms with E-state index in [1.54, 1.807) is 11.0 Å². The van der Waals surface area contributed by atoms with Crippen LogP contribution < -0.4 is 5.73 Å². The number of likely N-dealkylation sites (N-methyl/N-ethyl adjacent to an activating group) is 1. The van der Waals surface area contributed by atoms with Crippen LogP contribution in [0.5, 0.6) is 0 Å². The van der Waals surface area contributed by atoms with Crippen molar-refractivity contribution < 1.29 is 9.53 Å². The zero-order valence-electron chi connectivity index (χ0n) is 11.9. The maximum absolute atomic E-state index is 12.6. The van der Waals surface area contributed by atoms with E-state index in [1.165, 1.54) is 0 Å². The Labute approximate surface area is 114 Å². The number of aromatic nitrogens is 1. The molecule has 1 amide bonds. The van der Waals surface area contributed by atoms with E-state index in [0.717, 1.165) is 26.0 Å². The molecule has 0 aromatic carbocycles. The molecule has 0 radical (unpaired) electrons. The summed E-state index contributed by atoms with van der Waals surface area (Å²) in [4.78, 5) is 14.4. The van der Waals surface area contributed by atoms with Crippen molar-refractivity contribution in [2.45, 2.75) is 45.4 Å². The predicted molar refractivity (Wildman–Crippen MR) is 75.0 cm³/mol. The monoisotopic (exact) mass is 265 g/mol. The first-order valence-electron chi connectivity index (χ1n) is 6.89. The summed E-state index contributed by atoms with van der Waals surface area (Å²) < 4.78 is 7.47. The molecule has 0 aliphatic carbocycles. The van der Waals surface area contributed by atoms with Gasteiger partial charge in [-0.25, -0.2) is 0 Å². The molecule has 2 heterocycles. The summed E-state index contributed by atoms with van der Waals surface area (Å²) in [6.45, 7) is 5.63. The van der Waals surface area contributed by atoms with Crippen LogP contribution in [0.3, 0.4) is 0 Å². The number of ether oxygens (including phenoxy) is 1. The summed E-state index contributed by atoms with van der Waals surface area (Å²) in [5, 5.41) is 0. The number of aryl methyl sites for hydroxylation is 1. The first-order chi connectivity index (χ1) is 9.04. The van der Waals surface area contributed by atoms with E-state index < -0.39 is 0 Å². The minimum absolute atomic E-state index is 0.0208. The van der Waals surface area contributed by atoms with E-state index in [9.17, 15) is 4.79 Å². The minimum atomic E-state index is 0.0208. The van der Waals surface area contributed by atoms with E-state index in [-0.39, 0.29) is 18.1 Å². The van der Waals surface area contributed by atoms with E-state index >= 15 is 0 Å². The van der Waals surface area contributed by atoms with Crippen molar-refractivity contribution in [1.82, 2.24) is 9.47 Å². The zero-order valence-corrected chi connectivity index (χ0v) is 11.9. The summed E-state index contributed by atoms with van der Waals surface area (Å²) in [6, 6.07) is 1.91. The Morgan fingerprint density at radius 1 is 1.63 bits per heavy atom. The number of rotatable bonds is 4. The Hall–Kier alpha value is -1.49. The molecule has 2 unspecified atom stereocenters. The van der Waals surface area contributed by atoms with Crippen LogP contribution in [-0.2, 0) is 11.3 Å². The van der Waals surface area contributed by atoms with Crippen molar-refractivity contribution in [3.8, 4) is 0 Å². The fraction of sp³-hybridized carbons (Fsp3) is 0.643. The lowest BCUT2D eigenvalue weighted by Crippen LogP contribution is -2.41. The fourth-order valence-corrected chi connectivity index (χ4v) is 2.70. The molecule has 5 heteroatoms. The van der Waals surface area contributed by atoms with E-state index in [2.05, 4.69) is 6.92 Å². The van der Waals surface area contributed by atoms with Gasteiger partial charge in [0.05, 0.1) is 17.8 Å². The standard InChI is InChI=1S/C14H23N3O2/c1-4-6-17-9-11(15)8-13(17)14(18)16(3)12-5-7-19-10(12)2/h8-10,12H,4-7,15H2,1-3H3. The van der Waals surface area contributed by atoms with Crippen molar-refractivity contribution in [3.63, 3.8) is 0 Å². The molecule has 2 N–H and O–H groups in total. The zero-order chi connectivity index (χ0) is 14.0. The number of nitrogen functional groups attached to an aromatic ring is 1. The maximum atomic E-state index is 12.6. The highest BCUT2D eigenvalue weighted by Gasteiger charge is 2.32. The summed E-state index contributed by atoms with van der Waals surface area (Å²) in [5.74, 6) is 0.0208. The van der Waals surface area contributed by atoms with Crippen LogP contribution in [0, 0.1) is 0 Å². The van der Waals surface area contributed by atoms with Gasteiger partial charge in [-0.1, -0.05) is 6.92 Å². The maximum Gasteiger partial charge on any atom is 0.270 e. The molecule has 1 aromatic rings. The van der Waals surface area contributed by atoms with Crippen LogP contribution in [0.1, 0.15) is 37.2 Å². The highest BCUT2D eigenvalue weighted by Crippen LogP contribution is 2.21. The normalized spacial score (nSPS) is 22.7. The molecule has 106 valence electrons. The number of amides is 1. The SMILES string of the molecule is CCCn1cc(N)cc1C(=O)N(C)C1CCOC1C. The van der Waals surface area contributed by atoms with Gasteiger partial charge in [0.15, 0.2) is 0 Å². The number of nitrogens with zero attached hydrogens (tertiary/aromatic N) is 2.